The van der Waals surface area contributed by atoms with Crippen LogP contribution < -0.4 is 5.76 Å². The highest BCUT2D eigenvalue weighted by Crippen LogP contribution is 2.17. The van der Waals surface area contributed by atoms with Gasteiger partial charge >= 0.3 is 11.7 Å². The second-order valence-electron chi connectivity index (χ2n) is 6.27. The quantitative estimate of drug-likeness (QED) is 0.441. The van der Waals surface area contributed by atoms with E-state index in [1.807, 2.05) is 6.07 Å². The van der Waals surface area contributed by atoms with E-state index in [9.17, 15) is 14.0 Å². The number of aromatic nitrogens is 3. The molecule has 2 aromatic carbocycles. The number of fused-ring (bicyclic) bond motifs is 1. The van der Waals surface area contributed by atoms with Crippen LogP contribution in [0.25, 0.3) is 22.6 Å². The van der Waals surface area contributed by atoms with Gasteiger partial charge in [-0.3, -0.25) is 9.36 Å². The standard InChI is InChI=1S/C20H16FN3O5/c21-14-9-7-13(8-10-14)19-22-17(23-29-19)12-27-18(25)6-3-11-24-15-4-1-2-5-16(15)28-20(24)26/h1-2,4-5,7-10H,3,6,11-12H2. The monoisotopic (exact) mass is 397 g/mol. The van der Waals surface area contributed by atoms with Crippen LogP contribution >= 0.6 is 0 Å². The molecule has 9 heteroatoms. The van der Waals surface area contributed by atoms with Gasteiger partial charge in [-0.1, -0.05) is 17.3 Å². The molecule has 0 bridgehead atoms. The number of carbonyl (C=O) groups excluding carboxylic acids is 1. The van der Waals surface area contributed by atoms with E-state index in [0.717, 1.165) is 0 Å². The third kappa shape index (κ3) is 4.23. The molecule has 0 fully saturated rings. The van der Waals surface area contributed by atoms with E-state index in [1.54, 1.807) is 18.2 Å². The summed E-state index contributed by atoms with van der Waals surface area (Å²) in [6.45, 7) is 0.194. The molecule has 2 aromatic heterocycles. The Morgan fingerprint density at radius 2 is 1.93 bits per heavy atom. The van der Waals surface area contributed by atoms with Gasteiger partial charge in [0.2, 0.25) is 5.82 Å². The number of halogens is 1. The van der Waals surface area contributed by atoms with Gasteiger partial charge in [0.05, 0.1) is 5.52 Å². The molecule has 0 aliphatic rings. The van der Waals surface area contributed by atoms with Gasteiger partial charge in [-0.05, 0) is 42.8 Å². The van der Waals surface area contributed by atoms with E-state index in [1.165, 1.54) is 28.8 Å². The highest BCUT2D eigenvalue weighted by atomic mass is 19.1. The van der Waals surface area contributed by atoms with Crippen LogP contribution in [-0.2, 0) is 22.7 Å². The van der Waals surface area contributed by atoms with Gasteiger partial charge in [-0.15, -0.1) is 0 Å². The lowest BCUT2D eigenvalue weighted by Crippen LogP contribution is -2.15. The number of hydrogen-bond donors (Lipinski definition) is 0. The molecule has 2 heterocycles. The number of para-hydroxylation sites is 2. The van der Waals surface area contributed by atoms with Crippen LogP contribution in [0, 0.1) is 5.82 Å². The number of nitrogens with zero attached hydrogens (tertiary/aromatic N) is 3. The van der Waals surface area contributed by atoms with Crippen LogP contribution in [0.5, 0.6) is 0 Å². The summed E-state index contributed by atoms with van der Waals surface area (Å²) in [5, 5.41) is 3.74. The van der Waals surface area contributed by atoms with Crippen molar-refractivity contribution in [2.24, 2.45) is 0 Å². The molecule has 0 unspecified atom stereocenters. The van der Waals surface area contributed by atoms with Crippen LogP contribution in [0.4, 0.5) is 4.39 Å². The Bertz CT molecular complexity index is 1190. The van der Waals surface area contributed by atoms with Crippen molar-refractivity contribution in [2.75, 3.05) is 0 Å². The van der Waals surface area contributed by atoms with Crippen LogP contribution in [0.15, 0.2) is 62.3 Å². The fraction of sp³-hybridized carbons (Fsp3) is 0.200. The van der Waals surface area contributed by atoms with Gasteiger partial charge in [0.1, 0.15) is 5.82 Å². The third-order valence-electron chi connectivity index (χ3n) is 4.26. The maximum atomic E-state index is 13.0. The van der Waals surface area contributed by atoms with Gasteiger partial charge in [0.25, 0.3) is 5.89 Å². The molecule has 0 radical (unpaired) electrons. The molecule has 0 amide bonds. The van der Waals surface area contributed by atoms with E-state index in [-0.39, 0.29) is 30.6 Å². The fourth-order valence-electron chi connectivity index (χ4n) is 2.85. The van der Waals surface area contributed by atoms with Crippen LogP contribution in [0.2, 0.25) is 0 Å². The Hall–Kier alpha value is -3.75. The topological polar surface area (TPSA) is 100 Å². The minimum atomic E-state index is -0.459. The summed E-state index contributed by atoms with van der Waals surface area (Å²) in [6.07, 6.45) is 0.532. The van der Waals surface area contributed by atoms with Gasteiger partial charge in [-0.25, -0.2) is 9.18 Å². The van der Waals surface area contributed by atoms with Crippen molar-refractivity contribution >= 4 is 17.1 Å². The molecule has 0 saturated carbocycles. The summed E-state index contributed by atoms with van der Waals surface area (Å²) in [5.74, 6) is -0.858. The van der Waals surface area contributed by atoms with Crippen LogP contribution in [-0.4, -0.2) is 20.7 Å². The average molecular weight is 397 g/mol. The Morgan fingerprint density at radius 3 is 2.76 bits per heavy atom. The minimum Gasteiger partial charge on any atom is -0.457 e. The summed E-state index contributed by atoms with van der Waals surface area (Å²) < 4.78 is 29.8. The van der Waals surface area contributed by atoms with Crippen molar-refractivity contribution in [3.05, 3.63) is 70.7 Å². The van der Waals surface area contributed by atoms with E-state index in [4.69, 9.17) is 13.7 Å². The molecule has 4 aromatic rings. The Labute approximate surface area is 163 Å². The second kappa shape index (κ2) is 8.09. The van der Waals surface area contributed by atoms with Crippen molar-refractivity contribution in [3.8, 4) is 11.5 Å². The number of benzene rings is 2. The van der Waals surface area contributed by atoms with Gasteiger partial charge in [0.15, 0.2) is 12.2 Å². The number of oxazole rings is 1. The minimum absolute atomic E-state index is 0.120. The molecular weight excluding hydrogens is 381 g/mol. The summed E-state index contributed by atoms with van der Waals surface area (Å²) >= 11 is 0. The predicted molar refractivity (Wildman–Crippen MR) is 99.2 cm³/mol. The molecule has 148 valence electrons. The Kier molecular flexibility index (Phi) is 5.19. The van der Waals surface area contributed by atoms with Gasteiger partial charge in [-0.2, -0.15) is 4.98 Å². The second-order valence-corrected chi connectivity index (χ2v) is 6.27. The van der Waals surface area contributed by atoms with Crippen molar-refractivity contribution in [1.29, 1.82) is 0 Å². The number of aryl methyl sites for hydroxylation is 1. The number of esters is 1. The molecule has 4 rings (SSSR count). The molecule has 29 heavy (non-hydrogen) atoms. The van der Waals surface area contributed by atoms with Crippen molar-refractivity contribution in [2.45, 2.75) is 26.0 Å². The van der Waals surface area contributed by atoms with Crippen molar-refractivity contribution in [1.82, 2.24) is 14.7 Å². The van der Waals surface area contributed by atoms with Crippen LogP contribution in [0.3, 0.4) is 0 Å². The third-order valence-corrected chi connectivity index (χ3v) is 4.26. The predicted octanol–water partition coefficient (Wildman–Crippen LogP) is 3.31. The molecule has 0 aliphatic heterocycles. The molecule has 0 spiro atoms. The van der Waals surface area contributed by atoms with Gasteiger partial charge in [0, 0.05) is 18.5 Å². The first-order chi connectivity index (χ1) is 14.1. The summed E-state index contributed by atoms with van der Waals surface area (Å²) in [4.78, 5) is 28.0. The maximum Gasteiger partial charge on any atom is 0.419 e. The van der Waals surface area contributed by atoms with E-state index >= 15 is 0 Å². The lowest BCUT2D eigenvalue weighted by molar-refractivity contribution is -0.145. The Balaban J connectivity index is 1.28. The molecule has 0 atom stereocenters. The fourth-order valence-corrected chi connectivity index (χ4v) is 2.85. The zero-order chi connectivity index (χ0) is 20.2. The number of hydrogen-bond acceptors (Lipinski definition) is 7. The highest BCUT2D eigenvalue weighted by Gasteiger charge is 2.12. The first-order valence-electron chi connectivity index (χ1n) is 8.93. The lowest BCUT2D eigenvalue weighted by Gasteiger charge is -2.03. The number of rotatable bonds is 7. The summed E-state index contributed by atoms with van der Waals surface area (Å²) in [7, 11) is 0. The van der Waals surface area contributed by atoms with Gasteiger partial charge < -0.3 is 13.7 Å². The molecule has 0 N–H and O–H groups in total. The van der Waals surface area contributed by atoms with E-state index in [2.05, 4.69) is 10.1 Å². The number of carbonyl (C=O) groups is 1. The van der Waals surface area contributed by atoms with E-state index < -0.39 is 11.7 Å². The van der Waals surface area contributed by atoms with E-state index in [0.29, 0.717) is 29.6 Å². The lowest BCUT2D eigenvalue weighted by atomic mass is 10.2. The zero-order valence-electron chi connectivity index (χ0n) is 15.2. The highest BCUT2D eigenvalue weighted by molar-refractivity contribution is 5.72. The first-order valence-corrected chi connectivity index (χ1v) is 8.93. The van der Waals surface area contributed by atoms with Crippen LogP contribution in [0.1, 0.15) is 18.7 Å². The van der Waals surface area contributed by atoms with Crippen molar-refractivity contribution < 1.29 is 22.9 Å². The molecule has 0 aliphatic carbocycles. The Morgan fingerprint density at radius 1 is 1.14 bits per heavy atom. The van der Waals surface area contributed by atoms with Crippen molar-refractivity contribution in [3.63, 3.8) is 0 Å². The maximum absolute atomic E-state index is 13.0. The SMILES string of the molecule is O=C(CCCn1c(=O)oc2ccccc21)OCc1noc(-c2ccc(F)cc2)n1. The average Bonchev–Trinajstić information content (AvgIpc) is 3.32. The zero-order valence-corrected chi connectivity index (χ0v) is 15.2. The molecule has 8 nitrogen and oxygen atoms in total. The first kappa shape index (κ1) is 18.6. The largest absolute Gasteiger partial charge is 0.457 e. The normalized spacial score (nSPS) is 11.1. The number of ether oxygens (including phenoxy) is 1. The molecular formula is C20H16FN3O5. The smallest absolute Gasteiger partial charge is 0.419 e. The summed E-state index contributed by atoms with van der Waals surface area (Å²) in [6, 6.07) is 12.7. The summed E-state index contributed by atoms with van der Waals surface area (Å²) in [5.41, 5.74) is 1.76. The molecule has 0 saturated heterocycles.